The fourth-order valence-electron chi connectivity index (χ4n) is 3.17. The van der Waals surface area contributed by atoms with Crippen LogP contribution in [0, 0.1) is 6.92 Å². The molecule has 0 amide bonds. The Kier molecular flexibility index (Phi) is 6.45. The van der Waals surface area contributed by atoms with Gasteiger partial charge in [-0.1, -0.05) is 60.7 Å². The summed E-state index contributed by atoms with van der Waals surface area (Å²) in [5, 5.41) is 8.88. The molecular weight excluding hydrogens is 350 g/mol. The molecule has 0 saturated heterocycles. The number of carbonyl (C=O) groups is 1. The number of ether oxygens (including phenoxy) is 1. The van der Waals surface area contributed by atoms with Crippen molar-refractivity contribution in [1.82, 2.24) is 4.90 Å². The van der Waals surface area contributed by atoms with Crippen LogP contribution in [0.1, 0.15) is 5.56 Å². The minimum absolute atomic E-state index is 0.000948. The molecule has 0 aromatic heterocycles. The summed E-state index contributed by atoms with van der Waals surface area (Å²) in [7, 11) is 1.78. The lowest BCUT2D eigenvalue weighted by Gasteiger charge is -2.18. The van der Waals surface area contributed by atoms with Crippen LogP contribution in [0.15, 0.2) is 72.8 Å². The van der Waals surface area contributed by atoms with Crippen molar-refractivity contribution < 1.29 is 14.6 Å². The highest BCUT2D eigenvalue weighted by Crippen LogP contribution is 2.36. The molecule has 0 saturated carbocycles. The van der Waals surface area contributed by atoms with Gasteiger partial charge >= 0.3 is 5.97 Å². The Morgan fingerprint density at radius 2 is 1.64 bits per heavy atom. The predicted octanol–water partition coefficient (Wildman–Crippen LogP) is 4.72. The summed E-state index contributed by atoms with van der Waals surface area (Å²) in [6.07, 6.45) is 0. The van der Waals surface area contributed by atoms with E-state index in [-0.39, 0.29) is 6.54 Å². The van der Waals surface area contributed by atoms with Gasteiger partial charge in [0.05, 0.1) is 6.54 Å². The average molecular weight is 375 g/mol. The Labute approximate surface area is 166 Å². The van der Waals surface area contributed by atoms with E-state index in [0.29, 0.717) is 13.2 Å². The van der Waals surface area contributed by atoms with Crippen molar-refractivity contribution >= 4 is 5.97 Å². The second-order valence-electron chi connectivity index (χ2n) is 6.87. The van der Waals surface area contributed by atoms with Crippen LogP contribution in [0.3, 0.4) is 0 Å². The maximum atomic E-state index is 10.8. The number of hydrogen-bond donors (Lipinski definition) is 1. The zero-order valence-electron chi connectivity index (χ0n) is 16.3. The predicted molar refractivity (Wildman–Crippen MR) is 113 cm³/mol. The molecule has 0 atom stereocenters. The van der Waals surface area contributed by atoms with Gasteiger partial charge in [0, 0.05) is 12.1 Å². The number of nitrogens with zero attached hydrogens (tertiary/aromatic N) is 1. The van der Waals surface area contributed by atoms with E-state index >= 15 is 0 Å². The highest BCUT2D eigenvalue weighted by Gasteiger charge is 2.12. The standard InChI is InChI=1S/C24H25NO3/c1-18-8-6-7-11-21(18)22-16-20(19-9-4-3-5-10-19)12-13-23(22)28-15-14-25(2)17-24(26)27/h3-13,16H,14-15,17H2,1-2H3,(H,26,27). The zero-order valence-corrected chi connectivity index (χ0v) is 16.3. The van der Waals surface area contributed by atoms with Crippen LogP contribution in [0.25, 0.3) is 22.3 Å². The maximum Gasteiger partial charge on any atom is 0.317 e. The number of likely N-dealkylation sites (N-methyl/N-ethyl adjacent to an activating group) is 1. The van der Waals surface area contributed by atoms with Crippen LogP contribution in [0.2, 0.25) is 0 Å². The first kappa shape index (κ1) is 19.6. The number of carboxylic acids is 1. The van der Waals surface area contributed by atoms with Crippen LogP contribution in [0.5, 0.6) is 5.75 Å². The molecule has 4 heteroatoms. The van der Waals surface area contributed by atoms with E-state index in [1.54, 1.807) is 11.9 Å². The van der Waals surface area contributed by atoms with Crippen molar-refractivity contribution in [3.8, 4) is 28.0 Å². The minimum atomic E-state index is -0.838. The molecular formula is C24H25NO3. The third kappa shape index (κ3) is 4.99. The molecule has 0 heterocycles. The van der Waals surface area contributed by atoms with Crippen molar-refractivity contribution in [3.63, 3.8) is 0 Å². The molecule has 4 nitrogen and oxygen atoms in total. The second kappa shape index (κ2) is 9.20. The Morgan fingerprint density at radius 3 is 2.36 bits per heavy atom. The van der Waals surface area contributed by atoms with Crippen molar-refractivity contribution in [2.24, 2.45) is 0 Å². The maximum absolute atomic E-state index is 10.8. The molecule has 0 aliphatic rings. The average Bonchev–Trinajstić information content (AvgIpc) is 2.69. The smallest absolute Gasteiger partial charge is 0.317 e. The summed E-state index contributed by atoms with van der Waals surface area (Å²) in [5.74, 6) is -0.0342. The summed E-state index contributed by atoms with van der Waals surface area (Å²) in [4.78, 5) is 12.5. The van der Waals surface area contributed by atoms with Crippen LogP contribution in [-0.2, 0) is 4.79 Å². The van der Waals surface area contributed by atoms with Gasteiger partial charge in [0.25, 0.3) is 0 Å². The van der Waals surface area contributed by atoms with Gasteiger partial charge in [-0.15, -0.1) is 0 Å². The van der Waals surface area contributed by atoms with Gasteiger partial charge in [-0.25, -0.2) is 0 Å². The van der Waals surface area contributed by atoms with E-state index < -0.39 is 5.97 Å². The number of rotatable bonds is 8. The molecule has 0 bridgehead atoms. The monoisotopic (exact) mass is 375 g/mol. The first-order valence-electron chi connectivity index (χ1n) is 9.33. The van der Waals surface area contributed by atoms with Gasteiger partial charge in [0.2, 0.25) is 0 Å². The number of benzene rings is 3. The third-order valence-electron chi connectivity index (χ3n) is 4.66. The largest absolute Gasteiger partial charge is 0.492 e. The molecule has 0 aliphatic heterocycles. The van der Waals surface area contributed by atoms with E-state index in [2.05, 4.69) is 43.3 Å². The Morgan fingerprint density at radius 1 is 0.929 bits per heavy atom. The molecule has 1 N–H and O–H groups in total. The lowest BCUT2D eigenvalue weighted by molar-refractivity contribution is -0.138. The topological polar surface area (TPSA) is 49.8 Å². The van der Waals surface area contributed by atoms with Gasteiger partial charge in [-0.05, 0) is 48.4 Å². The molecule has 0 aliphatic carbocycles. The molecule has 0 spiro atoms. The van der Waals surface area contributed by atoms with Crippen LogP contribution in [0.4, 0.5) is 0 Å². The van der Waals surface area contributed by atoms with Crippen molar-refractivity contribution in [1.29, 1.82) is 0 Å². The summed E-state index contributed by atoms with van der Waals surface area (Å²) in [6, 6.07) is 24.7. The number of aliphatic carboxylic acids is 1. The second-order valence-corrected chi connectivity index (χ2v) is 6.87. The minimum Gasteiger partial charge on any atom is -0.492 e. The number of aryl methyl sites for hydroxylation is 1. The molecule has 144 valence electrons. The van der Waals surface area contributed by atoms with Crippen molar-refractivity contribution in [2.75, 3.05) is 26.7 Å². The first-order chi connectivity index (χ1) is 13.5. The summed E-state index contributed by atoms with van der Waals surface area (Å²) < 4.78 is 6.06. The molecule has 3 aromatic carbocycles. The van der Waals surface area contributed by atoms with Gasteiger partial charge in [0.1, 0.15) is 12.4 Å². The molecule has 0 fully saturated rings. The molecule has 3 aromatic rings. The van der Waals surface area contributed by atoms with E-state index in [0.717, 1.165) is 28.0 Å². The van der Waals surface area contributed by atoms with Crippen molar-refractivity contribution in [2.45, 2.75) is 6.92 Å². The molecule has 3 rings (SSSR count). The fraction of sp³-hybridized carbons (Fsp3) is 0.208. The van der Waals surface area contributed by atoms with Crippen molar-refractivity contribution in [3.05, 3.63) is 78.4 Å². The number of carboxylic acid groups (broad SMARTS) is 1. The zero-order chi connectivity index (χ0) is 19.9. The van der Waals surface area contributed by atoms with Gasteiger partial charge in [-0.3, -0.25) is 9.69 Å². The van der Waals surface area contributed by atoms with E-state index in [4.69, 9.17) is 9.84 Å². The lowest BCUT2D eigenvalue weighted by Crippen LogP contribution is -2.29. The number of hydrogen-bond acceptors (Lipinski definition) is 3. The van der Waals surface area contributed by atoms with Gasteiger partial charge in [0.15, 0.2) is 0 Å². The van der Waals surface area contributed by atoms with Gasteiger partial charge < -0.3 is 9.84 Å². The Hall–Kier alpha value is -3.11. The Bertz CT molecular complexity index is 938. The lowest BCUT2D eigenvalue weighted by atomic mass is 9.95. The summed E-state index contributed by atoms with van der Waals surface area (Å²) >= 11 is 0. The van der Waals surface area contributed by atoms with E-state index in [1.807, 2.05) is 36.4 Å². The highest BCUT2D eigenvalue weighted by atomic mass is 16.5. The molecule has 0 unspecified atom stereocenters. The Balaban J connectivity index is 1.89. The van der Waals surface area contributed by atoms with Gasteiger partial charge in [-0.2, -0.15) is 0 Å². The van der Waals surface area contributed by atoms with Crippen LogP contribution >= 0.6 is 0 Å². The summed E-state index contributed by atoms with van der Waals surface area (Å²) in [6.45, 7) is 3.06. The van der Waals surface area contributed by atoms with Crippen LogP contribution < -0.4 is 4.74 Å². The first-order valence-corrected chi connectivity index (χ1v) is 9.33. The quantitative estimate of drug-likeness (QED) is 0.619. The van der Waals surface area contributed by atoms with E-state index in [9.17, 15) is 4.79 Å². The molecule has 28 heavy (non-hydrogen) atoms. The third-order valence-corrected chi connectivity index (χ3v) is 4.66. The normalized spacial score (nSPS) is 10.8. The summed E-state index contributed by atoms with van der Waals surface area (Å²) in [5.41, 5.74) is 5.65. The molecule has 0 radical (unpaired) electrons. The highest BCUT2D eigenvalue weighted by molar-refractivity contribution is 5.79. The SMILES string of the molecule is Cc1ccccc1-c1cc(-c2ccccc2)ccc1OCCN(C)CC(=O)O. The fourth-order valence-corrected chi connectivity index (χ4v) is 3.17. The van der Waals surface area contributed by atoms with E-state index in [1.165, 1.54) is 5.56 Å². The van der Waals surface area contributed by atoms with Crippen LogP contribution in [-0.4, -0.2) is 42.7 Å².